The molecule has 0 saturated carbocycles. The Morgan fingerprint density at radius 1 is 1.17 bits per heavy atom. The van der Waals surface area contributed by atoms with Gasteiger partial charge in [-0.05, 0) is 51.8 Å². The van der Waals surface area contributed by atoms with Gasteiger partial charge in [-0.25, -0.2) is 0 Å². The summed E-state index contributed by atoms with van der Waals surface area (Å²) in [6.07, 6.45) is 1.94. The van der Waals surface area contributed by atoms with Crippen LogP contribution in [0.5, 0.6) is 0 Å². The summed E-state index contributed by atoms with van der Waals surface area (Å²) in [4.78, 5) is 0. The number of rotatable bonds is 4. The van der Waals surface area contributed by atoms with Crippen LogP contribution in [0.15, 0.2) is 17.6 Å². The Balaban J connectivity index is 2.38. The number of likely N-dealkylation sites (N-methyl/N-ethyl adjacent to an activating group) is 1. The first-order chi connectivity index (χ1) is 10.6. The Morgan fingerprint density at radius 3 is 2.26 bits per heavy atom. The third kappa shape index (κ3) is 3.70. The van der Waals surface area contributed by atoms with Crippen molar-refractivity contribution in [2.45, 2.75) is 38.9 Å². The van der Waals surface area contributed by atoms with E-state index in [-0.39, 0.29) is 0 Å². The molecule has 0 aromatic heterocycles. The van der Waals surface area contributed by atoms with Crippen LogP contribution in [0.3, 0.4) is 0 Å². The molecule has 0 unspecified atom stereocenters. The lowest BCUT2D eigenvalue weighted by molar-refractivity contribution is 0.00578. The zero-order valence-corrected chi connectivity index (χ0v) is 15.7. The summed E-state index contributed by atoms with van der Waals surface area (Å²) in [6, 6.07) is 3.58. The first kappa shape index (κ1) is 18.6. The highest BCUT2D eigenvalue weighted by molar-refractivity contribution is 6.56. The minimum Gasteiger partial charge on any atom is -0.400 e. The molecule has 2 rings (SSSR count). The van der Waals surface area contributed by atoms with E-state index in [4.69, 9.17) is 38.2 Å². The molecule has 3 N–H and O–H groups in total. The van der Waals surface area contributed by atoms with Gasteiger partial charge >= 0.3 is 7.12 Å². The lowest BCUT2D eigenvalue weighted by Crippen LogP contribution is -2.41. The third-order valence-electron chi connectivity index (χ3n) is 4.42. The summed E-state index contributed by atoms with van der Waals surface area (Å²) in [6.45, 7) is 8.71. The Hall–Kier alpha value is -0.715. The van der Waals surface area contributed by atoms with Gasteiger partial charge in [0.1, 0.15) is 0 Å². The summed E-state index contributed by atoms with van der Waals surface area (Å²) >= 11 is 12.4. The van der Waals surface area contributed by atoms with E-state index in [1.807, 2.05) is 46.9 Å². The van der Waals surface area contributed by atoms with Gasteiger partial charge in [-0.1, -0.05) is 35.3 Å². The number of anilines is 1. The molecule has 0 radical (unpaired) electrons. The van der Waals surface area contributed by atoms with Gasteiger partial charge in [0.05, 0.1) is 26.9 Å². The zero-order chi connectivity index (χ0) is 17.4. The van der Waals surface area contributed by atoms with Gasteiger partial charge in [0, 0.05) is 6.54 Å². The monoisotopic (exact) mass is 356 g/mol. The minimum atomic E-state index is -0.445. The van der Waals surface area contributed by atoms with Gasteiger partial charge in [0.2, 0.25) is 0 Å². The van der Waals surface area contributed by atoms with E-state index < -0.39 is 18.3 Å². The summed E-state index contributed by atoms with van der Waals surface area (Å²) in [5.41, 5.74) is 7.16. The predicted molar refractivity (Wildman–Crippen MR) is 98.9 cm³/mol. The van der Waals surface area contributed by atoms with Crippen LogP contribution in [-0.2, 0) is 9.31 Å². The van der Waals surface area contributed by atoms with E-state index in [0.717, 1.165) is 11.0 Å². The average molecular weight is 357 g/mol. The van der Waals surface area contributed by atoms with Crippen LogP contribution in [0.4, 0.5) is 5.69 Å². The maximum Gasteiger partial charge on any atom is 0.491 e. The number of nitrogens with one attached hydrogen (secondary N) is 1. The van der Waals surface area contributed by atoms with Gasteiger partial charge in [0.15, 0.2) is 0 Å². The lowest BCUT2D eigenvalue weighted by atomic mass is 9.77. The molecule has 1 aliphatic heterocycles. The van der Waals surface area contributed by atoms with E-state index >= 15 is 0 Å². The number of nitrogen functional groups attached to an aromatic ring is 1. The number of hydrogen-bond donors (Lipinski definition) is 2. The first-order valence-corrected chi connectivity index (χ1v) is 8.29. The Kier molecular flexibility index (Phi) is 5.39. The van der Waals surface area contributed by atoms with Crippen LogP contribution in [0.2, 0.25) is 10.0 Å². The second-order valence-corrected chi connectivity index (χ2v) is 7.47. The predicted octanol–water partition coefficient (Wildman–Crippen LogP) is 3.81. The highest BCUT2D eigenvalue weighted by Gasteiger charge is 2.52. The van der Waals surface area contributed by atoms with Gasteiger partial charge in [-0.2, -0.15) is 0 Å². The fourth-order valence-electron chi connectivity index (χ4n) is 2.29. The molecule has 1 fully saturated rings. The van der Waals surface area contributed by atoms with Crippen molar-refractivity contribution in [3.63, 3.8) is 0 Å². The van der Waals surface area contributed by atoms with Crippen molar-refractivity contribution < 1.29 is 9.31 Å². The smallest absolute Gasteiger partial charge is 0.400 e. The van der Waals surface area contributed by atoms with Crippen LogP contribution in [0, 0.1) is 0 Å². The first-order valence-electron chi connectivity index (χ1n) is 7.53. The molecule has 1 heterocycles. The van der Waals surface area contributed by atoms with E-state index in [2.05, 4.69) is 5.32 Å². The van der Waals surface area contributed by atoms with Crippen LogP contribution in [0.25, 0.3) is 6.08 Å². The molecule has 1 aromatic rings. The number of hydrogen-bond acceptors (Lipinski definition) is 4. The SMILES string of the molecule is CNCC(=Cc1ccc(N)c(Cl)c1Cl)B1OC(C)(C)C(C)(C)O1. The third-order valence-corrected chi connectivity index (χ3v) is 5.33. The van der Waals surface area contributed by atoms with Gasteiger partial charge in [-0.3, -0.25) is 0 Å². The van der Waals surface area contributed by atoms with Crippen molar-refractivity contribution in [2.24, 2.45) is 0 Å². The molecule has 1 aromatic carbocycles. The lowest BCUT2D eigenvalue weighted by Gasteiger charge is -2.32. The molecule has 0 amide bonds. The Labute approximate surface area is 148 Å². The molecule has 1 saturated heterocycles. The summed E-state index contributed by atoms with van der Waals surface area (Å²) in [7, 11) is 1.43. The van der Waals surface area contributed by atoms with Crippen LogP contribution in [0.1, 0.15) is 33.3 Å². The molecular formula is C16H23BCl2N2O2. The fourth-order valence-corrected chi connectivity index (χ4v) is 2.69. The molecule has 7 heteroatoms. The molecule has 1 aliphatic rings. The molecule has 0 aliphatic carbocycles. The maximum atomic E-state index is 6.30. The molecular weight excluding hydrogens is 334 g/mol. The van der Waals surface area contributed by atoms with Crippen molar-refractivity contribution in [1.82, 2.24) is 5.32 Å². The number of nitrogens with two attached hydrogens (primary N) is 1. The van der Waals surface area contributed by atoms with E-state index in [0.29, 0.717) is 22.3 Å². The molecule has 126 valence electrons. The topological polar surface area (TPSA) is 56.5 Å². The number of halogens is 2. The molecule has 0 atom stereocenters. The molecule has 0 spiro atoms. The van der Waals surface area contributed by atoms with E-state index in [1.54, 1.807) is 6.07 Å². The summed E-state index contributed by atoms with van der Waals surface area (Å²) in [5, 5.41) is 3.92. The van der Waals surface area contributed by atoms with E-state index in [9.17, 15) is 0 Å². The minimum absolute atomic E-state index is 0.359. The molecule has 0 bridgehead atoms. The van der Waals surface area contributed by atoms with Crippen molar-refractivity contribution in [3.8, 4) is 0 Å². The summed E-state index contributed by atoms with van der Waals surface area (Å²) < 4.78 is 12.2. The highest BCUT2D eigenvalue weighted by atomic mass is 35.5. The largest absolute Gasteiger partial charge is 0.491 e. The highest BCUT2D eigenvalue weighted by Crippen LogP contribution is 2.39. The van der Waals surface area contributed by atoms with Crippen LogP contribution >= 0.6 is 23.2 Å². The zero-order valence-electron chi connectivity index (χ0n) is 14.2. The maximum absolute atomic E-state index is 6.30. The molecule has 4 nitrogen and oxygen atoms in total. The fraction of sp³-hybridized carbons (Fsp3) is 0.500. The van der Waals surface area contributed by atoms with Gasteiger partial charge < -0.3 is 20.4 Å². The van der Waals surface area contributed by atoms with Crippen molar-refractivity contribution in [1.29, 1.82) is 0 Å². The average Bonchev–Trinajstić information content (AvgIpc) is 2.67. The Morgan fingerprint density at radius 2 is 1.74 bits per heavy atom. The second-order valence-electron chi connectivity index (χ2n) is 6.71. The normalized spacial score (nSPS) is 20.1. The van der Waals surface area contributed by atoms with Crippen LogP contribution < -0.4 is 11.1 Å². The summed E-state index contributed by atoms with van der Waals surface area (Å²) in [5.74, 6) is 0. The van der Waals surface area contributed by atoms with Crippen molar-refractivity contribution >= 4 is 42.1 Å². The number of benzene rings is 1. The van der Waals surface area contributed by atoms with Crippen molar-refractivity contribution in [2.75, 3.05) is 19.3 Å². The quantitative estimate of drug-likeness (QED) is 0.636. The standard InChI is InChI=1S/C16H23BCl2N2O2/c1-15(2)16(3,4)23-17(22-15)11(9-21-5)8-10-6-7-12(20)14(19)13(10)18/h6-8,21H,9,20H2,1-5H3. The Bertz CT molecular complexity index is 617. The van der Waals surface area contributed by atoms with E-state index in [1.165, 1.54) is 0 Å². The van der Waals surface area contributed by atoms with Gasteiger partial charge in [-0.15, -0.1) is 0 Å². The van der Waals surface area contributed by atoms with Gasteiger partial charge in [0.25, 0.3) is 0 Å². The second kappa shape index (κ2) is 6.65. The van der Waals surface area contributed by atoms with Crippen LogP contribution in [-0.4, -0.2) is 31.9 Å². The van der Waals surface area contributed by atoms with Crippen molar-refractivity contribution in [3.05, 3.63) is 33.2 Å². The molecule has 23 heavy (non-hydrogen) atoms.